The fraction of sp³-hybridized carbons (Fsp3) is 0.316. The van der Waals surface area contributed by atoms with Crippen molar-refractivity contribution in [3.05, 3.63) is 52.5 Å². The topological polar surface area (TPSA) is 50.8 Å². The molecule has 1 aliphatic heterocycles. The van der Waals surface area contributed by atoms with Crippen molar-refractivity contribution >= 4 is 27.5 Å². The molecule has 2 aromatic rings. The second kappa shape index (κ2) is 8.36. The van der Waals surface area contributed by atoms with Gasteiger partial charge in [-0.25, -0.2) is 0 Å². The fourth-order valence-corrected chi connectivity index (χ4v) is 3.07. The maximum absolute atomic E-state index is 12.3. The van der Waals surface area contributed by atoms with E-state index in [0.29, 0.717) is 37.7 Å². The van der Waals surface area contributed by atoms with Crippen LogP contribution in [-0.4, -0.2) is 37.6 Å². The van der Waals surface area contributed by atoms with Gasteiger partial charge in [0, 0.05) is 29.2 Å². The van der Waals surface area contributed by atoms with Gasteiger partial charge in [0.2, 0.25) is 5.91 Å². The average Bonchev–Trinajstić information content (AvgIpc) is 2.81. The summed E-state index contributed by atoms with van der Waals surface area (Å²) in [7, 11) is 1.92. The molecule has 1 heterocycles. The van der Waals surface area contributed by atoms with Crippen molar-refractivity contribution in [1.29, 1.82) is 0 Å². The average molecular weight is 405 g/mol. The molecule has 0 aliphatic carbocycles. The maximum Gasteiger partial charge on any atom is 0.238 e. The smallest absolute Gasteiger partial charge is 0.238 e. The van der Waals surface area contributed by atoms with Crippen molar-refractivity contribution in [2.24, 2.45) is 0 Å². The van der Waals surface area contributed by atoms with Gasteiger partial charge in [-0.3, -0.25) is 9.69 Å². The van der Waals surface area contributed by atoms with Gasteiger partial charge in [0.1, 0.15) is 0 Å². The summed E-state index contributed by atoms with van der Waals surface area (Å²) in [6.07, 6.45) is 0.857. The van der Waals surface area contributed by atoms with Crippen LogP contribution in [0.2, 0.25) is 0 Å². The van der Waals surface area contributed by atoms with Crippen LogP contribution in [0.1, 0.15) is 12.0 Å². The highest BCUT2D eigenvalue weighted by Crippen LogP contribution is 2.32. The molecule has 0 radical (unpaired) electrons. The maximum atomic E-state index is 12.3. The number of fused-ring (bicyclic) bond motifs is 1. The Morgan fingerprint density at radius 1 is 1.16 bits per heavy atom. The zero-order chi connectivity index (χ0) is 17.6. The van der Waals surface area contributed by atoms with Crippen LogP contribution in [0.4, 0.5) is 5.69 Å². The third kappa shape index (κ3) is 4.96. The number of halogens is 1. The minimum Gasteiger partial charge on any atom is -0.490 e. The molecule has 0 aromatic heterocycles. The Kier molecular flexibility index (Phi) is 5.94. The molecule has 3 rings (SSSR count). The Labute approximate surface area is 156 Å². The lowest BCUT2D eigenvalue weighted by atomic mass is 10.2. The third-order valence-electron chi connectivity index (χ3n) is 3.84. The van der Waals surface area contributed by atoms with Crippen LogP contribution in [0.25, 0.3) is 0 Å². The first kappa shape index (κ1) is 17.8. The molecule has 2 aromatic carbocycles. The van der Waals surface area contributed by atoms with Crippen molar-refractivity contribution in [3.63, 3.8) is 0 Å². The van der Waals surface area contributed by atoms with Crippen molar-refractivity contribution in [3.8, 4) is 11.5 Å². The predicted molar refractivity (Wildman–Crippen MR) is 101 cm³/mol. The van der Waals surface area contributed by atoms with E-state index in [1.54, 1.807) is 0 Å². The molecule has 1 aliphatic rings. The number of likely N-dealkylation sites (N-methyl/N-ethyl adjacent to an activating group) is 1. The lowest BCUT2D eigenvalue weighted by molar-refractivity contribution is -0.117. The summed E-state index contributed by atoms with van der Waals surface area (Å²) in [4.78, 5) is 14.3. The van der Waals surface area contributed by atoms with E-state index < -0.39 is 0 Å². The van der Waals surface area contributed by atoms with Gasteiger partial charge in [0.05, 0.1) is 19.8 Å². The molecule has 0 atom stereocenters. The molecule has 1 amide bonds. The summed E-state index contributed by atoms with van der Waals surface area (Å²) >= 11 is 3.53. The van der Waals surface area contributed by atoms with Crippen molar-refractivity contribution < 1.29 is 14.3 Å². The van der Waals surface area contributed by atoms with Crippen molar-refractivity contribution in [2.45, 2.75) is 13.0 Å². The molecule has 6 heteroatoms. The molecule has 0 saturated heterocycles. The van der Waals surface area contributed by atoms with Crippen molar-refractivity contribution in [1.82, 2.24) is 4.90 Å². The van der Waals surface area contributed by atoms with E-state index in [9.17, 15) is 4.79 Å². The van der Waals surface area contributed by atoms with Crippen LogP contribution >= 0.6 is 15.9 Å². The van der Waals surface area contributed by atoms with Gasteiger partial charge in [-0.1, -0.05) is 34.1 Å². The normalized spacial score (nSPS) is 13.4. The SMILES string of the molecule is CN(CC(=O)Nc1ccc2c(c1)OCCCO2)Cc1ccccc1Br. The Morgan fingerprint density at radius 3 is 2.72 bits per heavy atom. The summed E-state index contributed by atoms with van der Waals surface area (Å²) in [6.45, 7) is 2.27. The van der Waals surface area contributed by atoms with E-state index in [0.717, 1.165) is 22.2 Å². The minimum absolute atomic E-state index is 0.0657. The van der Waals surface area contributed by atoms with Gasteiger partial charge in [-0.15, -0.1) is 0 Å². The summed E-state index contributed by atoms with van der Waals surface area (Å²) in [5.41, 5.74) is 1.86. The molecule has 5 nitrogen and oxygen atoms in total. The summed E-state index contributed by atoms with van der Waals surface area (Å²) in [6, 6.07) is 13.5. The highest BCUT2D eigenvalue weighted by atomic mass is 79.9. The monoisotopic (exact) mass is 404 g/mol. The first-order valence-corrected chi connectivity index (χ1v) is 9.02. The summed E-state index contributed by atoms with van der Waals surface area (Å²) in [5.74, 6) is 1.34. The highest BCUT2D eigenvalue weighted by molar-refractivity contribution is 9.10. The molecule has 0 spiro atoms. The number of hydrogen-bond donors (Lipinski definition) is 1. The Balaban J connectivity index is 1.57. The number of carbonyl (C=O) groups is 1. The summed E-state index contributed by atoms with van der Waals surface area (Å²) in [5, 5.41) is 2.92. The standard InChI is InChI=1S/C19H21BrN2O3/c1-22(12-14-5-2-3-6-16(14)20)13-19(23)21-15-7-8-17-18(11-15)25-10-4-9-24-17/h2-3,5-8,11H,4,9-10,12-13H2,1H3,(H,21,23). The fourth-order valence-electron chi connectivity index (χ4n) is 2.66. The van der Waals surface area contributed by atoms with Crippen LogP contribution in [0.3, 0.4) is 0 Å². The number of ether oxygens (including phenoxy) is 2. The lowest BCUT2D eigenvalue weighted by Gasteiger charge is -2.17. The predicted octanol–water partition coefficient (Wildman–Crippen LogP) is 3.68. The van der Waals surface area contributed by atoms with Crippen molar-refractivity contribution in [2.75, 3.05) is 32.1 Å². The van der Waals surface area contributed by atoms with Gasteiger partial charge in [0.15, 0.2) is 11.5 Å². The third-order valence-corrected chi connectivity index (χ3v) is 4.62. The largest absolute Gasteiger partial charge is 0.490 e. The number of nitrogens with zero attached hydrogens (tertiary/aromatic N) is 1. The number of anilines is 1. The quantitative estimate of drug-likeness (QED) is 0.825. The number of carbonyl (C=O) groups excluding carboxylic acids is 1. The van der Waals surface area contributed by atoms with Gasteiger partial charge in [0.25, 0.3) is 0 Å². The number of amides is 1. The molecule has 132 valence electrons. The van der Waals surface area contributed by atoms with Crippen LogP contribution in [0, 0.1) is 0 Å². The first-order chi connectivity index (χ1) is 12.1. The van der Waals surface area contributed by atoms with E-state index in [1.807, 2.05) is 54.4 Å². The van der Waals surface area contributed by atoms with E-state index in [2.05, 4.69) is 21.2 Å². The number of rotatable bonds is 5. The van der Waals surface area contributed by atoms with Crippen LogP contribution < -0.4 is 14.8 Å². The van der Waals surface area contributed by atoms with E-state index in [1.165, 1.54) is 0 Å². The molecule has 0 bridgehead atoms. The lowest BCUT2D eigenvalue weighted by Crippen LogP contribution is -2.29. The second-order valence-electron chi connectivity index (χ2n) is 6.02. The Bertz CT molecular complexity index is 751. The van der Waals surface area contributed by atoms with Gasteiger partial charge < -0.3 is 14.8 Å². The number of nitrogens with one attached hydrogen (secondary N) is 1. The molecule has 1 N–H and O–H groups in total. The Hall–Kier alpha value is -2.05. The zero-order valence-corrected chi connectivity index (χ0v) is 15.7. The Morgan fingerprint density at radius 2 is 1.92 bits per heavy atom. The number of benzene rings is 2. The van der Waals surface area contributed by atoms with Gasteiger partial charge in [-0.05, 0) is 30.8 Å². The molecule has 0 saturated carbocycles. The van der Waals surface area contributed by atoms with E-state index in [4.69, 9.17) is 9.47 Å². The van der Waals surface area contributed by atoms with Crippen LogP contribution in [0.5, 0.6) is 11.5 Å². The van der Waals surface area contributed by atoms with Crippen LogP contribution in [-0.2, 0) is 11.3 Å². The zero-order valence-electron chi connectivity index (χ0n) is 14.1. The van der Waals surface area contributed by atoms with Gasteiger partial charge in [-0.2, -0.15) is 0 Å². The minimum atomic E-state index is -0.0657. The molecule has 25 heavy (non-hydrogen) atoms. The van der Waals surface area contributed by atoms with E-state index >= 15 is 0 Å². The first-order valence-electron chi connectivity index (χ1n) is 8.23. The summed E-state index contributed by atoms with van der Waals surface area (Å²) < 4.78 is 12.3. The van der Waals surface area contributed by atoms with E-state index in [-0.39, 0.29) is 5.91 Å². The van der Waals surface area contributed by atoms with Crippen LogP contribution in [0.15, 0.2) is 46.9 Å². The highest BCUT2D eigenvalue weighted by Gasteiger charge is 2.13. The second-order valence-corrected chi connectivity index (χ2v) is 6.88. The van der Waals surface area contributed by atoms with Gasteiger partial charge >= 0.3 is 0 Å². The molecule has 0 fully saturated rings. The molecule has 0 unspecified atom stereocenters. The molecular formula is C19H21BrN2O3. The molecular weight excluding hydrogens is 384 g/mol. The number of hydrogen-bond acceptors (Lipinski definition) is 4.